The van der Waals surface area contributed by atoms with Gasteiger partial charge in [-0.3, -0.25) is 0 Å². The summed E-state index contributed by atoms with van der Waals surface area (Å²) >= 11 is 0. The van der Waals surface area contributed by atoms with E-state index < -0.39 is 8.07 Å². The second-order valence-electron chi connectivity index (χ2n) is 12.3. The van der Waals surface area contributed by atoms with Gasteiger partial charge in [-0.05, 0) is 103 Å². The molecule has 0 fully saturated rings. The molecule has 2 aliphatic carbocycles. The van der Waals surface area contributed by atoms with Gasteiger partial charge in [0.05, 0.1) is 0 Å². The summed E-state index contributed by atoms with van der Waals surface area (Å²) in [4.78, 5) is 0. The van der Waals surface area contributed by atoms with Crippen LogP contribution in [0.1, 0.15) is 33.4 Å². The Morgan fingerprint density at radius 1 is 0.390 bits per heavy atom. The number of hydrogen-bond donors (Lipinski definition) is 0. The summed E-state index contributed by atoms with van der Waals surface area (Å²) in [6.07, 6.45) is 2.06. The number of hydrogen-bond acceptors (Lipinski definition) is 0. The molecule has 41 heavy (non-hydrogen) atoms. The van der Waals surface area contributed by atoms with Gasteiger partial charge in [-0.25, -0.2) is 0 Å². The van der Waals surface area contributed by atoms with Crippen LogP contribution in [0.3, 0.4) is 0 Å². The van der Waals surface area contributed by atoms with Crippen molar-refractivity contribution in [2.75, 3.05) is 0 Å². The fraction of sp³-hybridized carbons (Fsp3) is 0.100. The molecule has 0 aromatic heterocycles. The summed E-state index contributed by atoms with van der Waals surface area (Å²) < 4.78 is 0. The largest absolute Gasteiger partial charge is 0.180 e. The van der Waals surface area contributed by atoms with E-state index in [0.29, 0.717) is 0 Å². The minimum absolute atomic E-state index is 1.03. The van der Waals surface area contributed by atoms with Gasteiger partial charge >= 0.3 is 0 Å². The molecular formula is C40H30Si. The van der Waals surface area contributed by atoms with E-state index in [1.54, 1.807) is 0 Å². The van der Waals surface area contributed by atoms with E-state index in [0.717, 1.165) is 12.8 Å². The van der Waals surface area contributed by atoms with Gasteiger partial charge in [-0.15, -0.1) is 0 Å². The van der Waals surface area contributed by atoms with Crippen molar-refractivity contribution in [2.45, 2.75) is 26.7 Å². The first-order valence-electron chi connectivity index (χ1n) is 14.8. The first-order valence-corrected chi connectivity index (χ1v) is 16.8. The number of aryl methyl sites for hydroxylation is 2. The maximum absolute atomic E-state index is 2.58. The molecule has 6 aromatic rings. The standard InChI is InChI=1S/C40H30Si/c1-25-11-13-27-21-29-15-17-31(23-37(29)35(27)19-25)41(39-9-5-3-7-33(39)34-8-4-6-10-40(34)41)32-18-16-30-22-28-14-12-26(2)20-36(28)38(30)24-32/h3-20,23-24H,21-22H2,1-2H3. The molecule has 9 rings (SSSR count). The summed E-state index contributed by atoms with van der Waals surface area (Å²) in [6.45, 7) is 4.43. The molecular weight excluding hydrogens is 509 g/mol. The monoisotopic (exact) mass is 538 g/mol. The Labute approximate surface area is 243 Å². The molecule has 0 amide bonds. The van der Waals surface area contributed by atoms with Crippen LogP contribution in [0, 0.1) is 13.8 Å². The van der Waals surface area contributed by atoms with E-state index in [2.05, 4.69) is 135 Å². The number of fused-ring (bicyclic) bond motifs is 9. The third-order valence-corrected chi connectivity index (χ3v) is 14.8. The van der Waals surface area contributed by atoms with Crippen LogP contribution in [0.25, 0.3) is 33.4 Å². The van der Waals surface area contributed by atoms with Crippen LogP contribution in [0.2, 0.25) is 0 Å². The van der Waals surface area contributed by atoms with Crippen LogP contribution in [0.5, 0.6) is 0 Å². The van der Waals surface area contributed by atoms with Crippen LogP contribution in [-0.4, -0.2) is 8.07 Å². The van der Waals surface area contributed by atoms with Gasteiger partial charge in [0.25, 0.3) is 0 Å². The van der Waals surface area contributed by atoms with Crippen LogP contribution >= 0.6 is 0 Å². The van der Waals surface area contributed by atoms with Crippen LogP contribution in [0.4, 0.5) is 0 Å². The normalized spacial score (nSPS) is 14.6. The molecule has 0 saturated carbocycles. The molecule has 0 N–H and O–H groups in total. The van der Waals surface area contributed by atoms with Gasteiger partial charge in [0, 0.05) is 0 Å². The molecule has 6 aromatic carbocycles. The first-order chi connectivity index (χ1) is 20.1. The van der Waals surface area contributed by atoms with Gasteiger partial charge in [0.2, 0.25) is 0 Å². The van der Waals surface area contributed by atoms with Crippen LogP contribution < -0.4 is 20.7 Å². The highest BCUT2D eigenvalue weighted by molar-refractivity contribution is 7.22. The zero-order valence-corrected chi connectivity index (χ0v) is 24.5. The van der Waals surface area contributed by atoms with Crippen molar-refractivity contribution in [3.63, 3.8) is 0 Å². The molecule has 0 saturated heterocycles. The lowest BCUT2D eigenvalue weighted by molar-refractivity contribution is 1.26. The van der Waals surface area contributed by atoms with E-state index in [4.69, 9.17) is 0 Å². The van der Waals surface area contributed by atoms with E-state index in [-0.39, 0.29) is 0 Å². The second-order valence-corrected chi connectivity index (χ2v) is 16.0. The molecule has 0 atom stereocenters. The van der Waals surface area contributed by atoms with Gasteiger partial charge in [-0.2, -0.15) is 0 Å². The molecule has 0 spiro atoms. The average Bonchev–Trinajstić information content (AvgIpc) is 3.64. The zero-order chi connectivity index (χ0) is 27.3. The Hall–Kier alpha value is -4.46. The lowest BCUT2D eigenvalue weighted by Crippen LogP contribution is -2.72. The Kier molecular flexibility index (Phi) is 4.70. The van der Waals surface area contributed by atoms with Crippen molar-refractivity contribution in [1.82, 2.24) is 0 Å². The summed E-state index contributed by atoms with van der Waals surface area (Å²) in [6, 6.07) is 47.4. The molecule has 194 valence electrons. The molecule has 3 aliphatic rings. The van der Waals surface area contributed by atoms with Gasteiger partial charge < -0.3 is 0 Å². The minimum atomic E-state index is -2.58. The van der Waals surface area contributed by atoms with Gasteiger partial charge in [0.1, 0.15) is 0 Å². The van der Waals surface area contributed by atoms with Crippen molar-refractivity contribution >= 4 is 28.8 Å². The van der Waals surface area contributed by atoms with Crippen LogP contribution in [-0.2, 0) is 12.8 Å². The van der Waals surface area contributed by atoms with E-state index in [1.165, 1.54) is 87.5 Å². The molecule has 0 radical (unpaired) electrons. The molecule has 0 unspecified atom stereocenters. The molecule has 0 bridgehead atoms. The van der Waals surface area contributed by atoms with Crippen molar-refractivity contribution in [2.24, 2.45) is 0 Å². The summed E-state index contributed by atoms with van der Waals surface area (Å²) in [5.41, 5.74) is 17.0. The third kappa shape index (κ3) is 3.10. The van der Waals surface area contributed by atoms with Crippen molar-refractivity contribution < 1.29 is 0 Å². The zero-order valence-electron chi connectivity index (χ0n) is 23.5. The van der Waals surface area contributed by atoms with Crippen molar-refractivity contribution in [1.29, 1.82) is 0 Å². The molecule has 0 nitrogen and oxygen atoms in total. The van der Waals surface area contributed by atoms with Crippen molar-refractivity contribution in [3.8, 4) is 33.4 Å². The van der Waals surface area contributed by atoms with Gasteiger partial charge in [0.15, 0.2) is 8.07 Å². The lowest BCUT2D eigenvalue weighted by Gasteiger charge is -2.32. The fourth-order valence-corrected chi connectivity index (χ4v) is 13.2. The first kappa shape index (κ1) is 23.3. The maximum Gasteiger partial charge on any atom is 0.180 e. The van der Waals surface area contributed by atoms with Gasteiger partial charge in [-0.1, -0.05) is 132 Å². The summed E-state index contributed by atoms with van der Waals surface area (Å²) in [7, 11) is -2.58. The summed E-state index contributed by atoms with van der Waals surface area (Å²) in [5, 5.41) is 6.02. The van der Waals surface area contributed by atoms with Crippen LogP contribution in [0.15, 0.2) is 121 Å². The maximum atomic E-state index is 2.58. The molecule has 1 heterocycles. The van der Waals surface area contributed by atoms with E-state index >= 15 is 0 Å². The number of benzene rings is 6. The number of rotatable bonds is 2. The Balaban J connectivity index is 1.37. The fourth-order valence-electron chi connectivity index (χ4n) is 8.05. The SMILES string of the molecule is Cc1ccc2c(c1)-c1cc([Si]3(c4ccc5c(c4)-c4cc(C)ccc4C5)c4ccccc4-c4ccccc43)ccc1C2. The Bertz CT molecular complexity index is 1930. The Morgan fingerprint density at radius 3 is 1.24 bits per heavy atom. The molecule has 1 heteroatoms. The van der Waals surface area contributed by atoms with E-state index in [9.17, 15) is 0 Å². The minimum Gasteiger partial charge on any atom is -0.0623 e. The topological polar surface area (TPSA) is 0 Å². The quantitative estimate of drug-likeness (QED) is 0.212. The van der Waals surface area contributed by atoms with Crippen molar-refractivity contribution in [3.05, 3.63) is 155 Å². The molecule has 1 aliphatic heterocycles. The smallest absolute Gasteiger partial charge is 0.0623 e. The summed E-state index contributed by atoms with van der Waals surface area (Å²) in [5.74, 6) is 0. The van der Waals surface area contributed by atoms with E-state index in [1.807, 2.05) is 0 Å². The third-order valence-electron chi connectivity index (χ3n) is 9.91. The highest BCUT2D eigenvalue weighted by atomic mass is 28.3. The predicted molar refractivity (Wildman–Crippen MR) is 175 cm³/mol. The lowest BCUT2D eigenvalue weighted by atomic mass is 10.0. The Morgan fingerprint density at radius 2 is 0.780 bits per heavy atom. The highest BCUT2D eigenvalue weighted by Crippen LogP contribution is 2.39. The highest BCUT2D eigenvalue weighted by Gasteiger charge is 2.49. The second kappa shape index (κ2) is 8.28. The predicted octanol–water partition coefficient (Wildman–Crippen LogP) is 6.80. The average molecular weight is 539 g/mol.